The Morgan fingerprint density at radius 2 is 2.08 bits per heavy atom. The molecular formula is C8H7BrN2O. The van der Waals surface area contributed by atoms with Gasteiger partial charge in [-0.15, -0.1) is 0 Å². The molecule has 2 N–H and O–H groups in total. The first-order chi connectivity index (χ1) is 5.68. The van der Waals surface area contributed by atoms with Crippen LogP contribution in [0.5, 0.6) is 0 Å². The zero-order valence-electron chi connectivity index (χ0n) is 6.44. The van der Waals surface area contributed by atoms with Crippen molar-refractivity contribution in [2.24, 2.45) is 0 Å². The number of aromatic amines is 2. The van der Waals surface area contributed by atoms with E-state index in [0.29, 0.717) is 0 Å². The number of hydrogen-bond donors (Lipinski definition) is 2. The van der Waals surface area contributed by atoms with Crippen molar-refractivity contribution < 1.29 is 0 Å². The van der Waals surface area contributed by atoms with E-state index in [1.165, 1.54) is 0 Å². The molecule has 0 atom stereocenters. The Balaban J connectivity index is 2.99. The van der Waals surface area contributed by atoms with Gasteiger partial charge >= 0.3 is 5.69 Å². The molecule has 0 fully saturated rings. The molecule has 0 radical (unpaired) electrons. The van der Waals surface area contributed by atoms with E-state index in [4.69, 9.17) is 0 Å². The summed E-state index contributed by atoms with van der Waals surface area (Å²) in [4.78, 5) is 16.3. The standard InChI is InChI=1S/C8H7BrN2O/c1-4-2-3-5-7(6(4)9)11-8(12)10-5/h2-3H,1H3,(H2,10,11,12). The molecule has 12 heavy (non-hydrogen) atoms. The maximum atomic E-state index is 10.9. The Kier molecular flexibility index (Phi) is 1.58. The van der Waals surface area contributed by atoms with Gasteiger partial charge in [0.05, 0.1) is 11.0 Å². The van der Waals surface area contributed by atoms with Crippen molar-refractivity contribution in [1.29, 1.82) is 0 Å². The van der Waals surface area contributed by atoms with Crippen LogP contribution < -0.4 is 5.69 Å². The van der Waals surface area contributed by atoms with Crippen LogP contribution in [0.25, 0.3) is 11.0 Å². The summed E-state index contributed by atoms with van der Waals surface area (Å²) in [5, 5.41) is 0. The van der Waals surface area contributed by atoms with Crippen LogP contribution in [0.1, 0.15) is 5.56 Å². The van der Waals surface area contributed by atoms with Gasteiger partial charge in [-0.2, -0.15) is 0 Å². The third-order valence-corrected chi connectivity index (χ3v) is 2.84. The number of nitrogens with one attached hydrogen (secondary N) is 2. The molecule has 0 spiro atoms. The lowest BCUT2D eigenvalue weighted by atomic mass is 10.2. The highest BCUT2D eigenvalue weighted by Crippen LogP contribution is 2.23. The van der Waals surface area contributed by atoms with Gasteiger partial charge in [0, 0.05) is 4.47 Å². The summed E-state index contributed by atoms with van der Waals surface area (Å²) in [6, 6.07) is 3.84. The molecule has 0 aliphatic heterocycles. The minimum absolute atomic E-state index is 0.170. The topological polar surface area (TPSA) is 48.6 Å². The van der Waals surface area contributed by atoms with E-state index >= 15 is 0 Å². The lowest BCUT2D eigenvalue weighted by molar-refractivity contribution is 1.21. The van der Waals surface area contributed by atoms with Crippen molar-refractivity contribution in [3.05, 3.63) is 32.7 Å². The molecule has 0 unspecified atom stereocenters. The Morgan fingerprint density at radius 1 is 1.33 bits per heavy atom. The molecule has 3 nitrogen and oxygen atoms in total. The lowest BCUT2D eigenvalue weighted by Crippen LogP contribution is -1.99. The van der Waals surface area contributed by atoms with Crippen LogP contribution >= 0.6 is 15.9 Å². The van der Waals surface area contributed by atoms with E-state index in [0.717, 1.165) is 21.1 Å². The third-order valence-electron chi connectivity index (χ3n) is 1.82. The molecule has 1 aromatic heterocycles. The highest BCUT2D eigenvalue weighted by atomic mass is 79.9. The number of aromatic nitrogens is 2. The van der Waals surface area contributed by atoms with E-state index in [1.54, 1.807) is 0 Å². The molecule has 4 heteroatoms. The second-order valence-electron chi connectivity index (χ2n) is 2.70. The van der Waals surface area contributed by atoms with Gasteiger partial charge in [0.15, 0.2) is 0 Å². The number of halogens is 1. The van der Waals surface area contributed by atoms with E-state index in [-0.39, 0.29) is 5.69 Å². The van der Waals surface area contributed by atoms with Crippen molar-refractivity contribution in [3.8, 4) is 0 Å². The van der Waals surface area contributed by atoms with Crippen LogP contribution in [0.4, 0.5) is 0 Å². The second-order valence-corrected chi connectivity index (χ2v) is 3.49. The smallest absolute Gasteiger partial charge is 0.306 e. The van der Waals surface area contributed by atoms with Crippen LogP contribution in [0.3, 0.4) is 0 Å². The van der Waals surface area contributed by atoms with Crippen LogP contribution in [-0.4, -0.2) is 9.97 Å². The first-order valence-corrected chi connectivity index (χ1v) is 4.35. The average molecular weight is 227 g/mol. The molecule has 62 valence electrons. The van der Waals surface area contributed by atoms with Crippen molar-refractivity contribution in [2.75, 3.05) is 0 Å². The van der Waals surface area contributed by atoms with Crippen molar-refractivity contribution in [1.82, 2.24) is 9.97 Å². The predicted octanol–water partition coefficient (Wildman–Crippen LogP) is 1.93. The van der Waals surface area contributed by atoms with E-state index in [9.17, 15) is 4.79 Å². The molecular weight excluding hydrogens is 220 g/mol. The molecule has 2 aromatic rings. The fourth-order valence-electron chi connectivity index (χ4n) is 1.17. The maximum absolute atomic E-state index is 10.9. The largest absolute Gasteiger partial charge is 0.323 e. The van der Waals surface area contributed by atoms with Gasteiger partial charge in [-0.3, -0.25) is 0 Å². The quantitative estimate of drug-likeness (QED) is 0.709. The van der Waals surface area contributed by atoms with Crippen molar-refractivity contribution >= 4 is 27.0 Å². The Bertz CT molecular complexity index is 483. The molecule has 0 saturated heterocycles. The minimum Gasteiger partial charge on any atom is -0.306 e. The number of fused-ring (bicyclic) bond motifs is 1. The van der Waals surface area contributed by atoms with Crippen molar-refractivity contribution in [3.63, 3.8) is 0 Å². The van der Waals surface area contributed by atoms with Gasteiger partial charge in [-0.25, -0.2) is 4.79 Å². The normalized spacial score (nSPS) is 10.8. The van der Waals surface area contributed by atoms with Crippen LogP contribution in [-0.2, 0) is 0 Å². The van der Waals surface area contributed by atoms with Gasteiger partial charge in [0.1, 0.15) is 0 Å². The fraction of sp³-hybridized carbons (Fsp3) is 0.125. The fourth-order valence-corrected chi connectivity index (χ4v) is 1.62. The third kappa shape index (κ3) is 0.992. The molecule has 0 amide bonds. The summed E-state index contributed by atoms with van der Waals surface area (Å²) in [5.74, 6) is 0. The highest BCUT2D eigenvalue weighted by Gasteiger charge is 2.03. The maximum Gasteiger partial charge on any atom is 0.323 e. The molecule has 1 heterocycles. The number of rotatable bonds is 0. The number of hydrogen-bond acceptors (Lipinski definition) is 1. The number of aryl methyl sites for hydroxylation is 1. The Morgan fingerprint density at radius 3 is 2.83 bits per heavy atom. The van der Waals surface area contributed by atoms with E-state index in [2.05, 4.69) is 25.9 Å². The summed E-state index contributed by atoms with van der Waals surface area (Å²) >= 11 is 3.40. The van der Waals surface area contributed by atoms with Gasteiger partial charge in [-0.05, 0) is 34.5 Å². The number of benzene rings is 1. The van der Waals surface area contributed by atoms with Crippen LogP contribution in [0, 0.1) is 6.92 Å². The van der Waals surface area contributed by atoms with Crippen LogP contribution in [0.2, 0.25) is 0 Å². The molecule has 0 saturated carbocycles. The summed E-state index contributed by atoms with van der Waals surface area (Å²) in [5.41, 5.74) is 2.60. The molecule has 2 rings (SSSR count). The zero-order valence-corrected chi connectivity index (χ0v) is 8.03. The number of imidazole rings is 1. The monoisotopic (exact) mass is 226 g/mol. The Hall–Kier alpha value is -1.03. The van der Waals surface area contributed by atoms with Crippen LogP contribution in [0.15, 0.2) is 21.4 Å². The van der Waals surface area contributed by atoms with Gasteiger partial charge in [0.2, 0.25) is 0 Å². The number of H-pyrrole nitrogens is 2. The first-order valence-electron chi connectivity index (χ1n) is 3.55. The summed E-state index contributed by atoms with van der Waals surface area (Å²) in [7, 11) is 0. The molecule has 0 aliphatic rings. The predicted molar refractivity (Wildman–Crippen MR) is 51.4 cm³/mol. The molecule has 1 aromatic carbocycles. The SMILES string of the molecule is Cc1ccc2[nH]c(=O)[nH]c2c1Br. The first kappa shape index (κ1) is 7.61. The minimum atomic E-state index is -0.170. The van der Waals surface area contributed by atoms with Gasteiger partial charge < -0.3 is 9.97 Å². The average Bonchev–Trinajstić information content (AvgIpc) is 2.39. The Labute approximate surface area is 76.9 Å². The van der Waals surface area contributed by atoms with Gasteiger partial charge in [0.25, 0.3) is 0 Å². The lowest BCUT2D eigenvalue weighted by Gasteiger charge is -1.96. The summed E-state index contributed by atoms with van der Waals surface area (Å²) in [6.45, 7) is 1.98. The molecule has 0 bridgehead atoms. The van der Waals surface area contributed by atoms with E-state index < -0.39 is 0 Å². The van der Waals surface area contributed by atoms with Crippen molar-refractivity contribution in [2.45, 2.75) is 6.92 Å². The zero-order chi connectivity index (χ0) is 8.72. The van der Waals surface area contributed by atoms with Gasteiger partial charge in [-0.1, -0.05) is 6.07 Å². The highest BCUT2D eigenvalue weighted by molar-refractivity contribution is 9.10. The summed E-state index contributed by atoms with van der Waals surface area (Å²) in [6.07, 6.45) is 0. The summed E-state index contributed by atoms with van der Waals surface area (Å²) < 4.78 is 0.943. The second kappa shape index (κ2) is 2.48. The van der Waals surface area contributed by atoms with E-state index in [1.807, 2.05) is 19.1 Å². The molecule has 0 aliphatic carbocycles.